The number of aromatic nitrogens is 2. The maximum Gasteiger partial charge on any atom is 0.434 e. The minimum Gasteiger partial charge on any atom is -0.335 e. The fourth-order valence-corrected chi connectivity index (χ4v) is 4.03. The molecule has 2 aliphatic heterocycles. The van der Waals surface area contributed by atoms with Gasteiger partial charge in [-0.2, -0.15) is 18.3 Å². The Morgan fingerprint density at radius 1 is 0.788 bits per heavy atom. The van der Waals surface area contributed by atoms with E-state index in [0.29, 0.717) is 17.8 Å². The fourth-order valence-electron chi connectivity index (χ4n) is 4.03. The van der Waals surface area contributed by atoms with Crippen molar-refractivity contribution >= 4 is 17.7 Å². The first-order chi connectivity index (χ1) is 15.7. The smallest absolute Gasteiger partial charge is 0.335 e. The van der Waals surface area contributed by atoms with Gasteiger partial charge >= 0.3 is 18.0 Å². The standard InChI is InChI=1S/C21H21F4N5O3/c22-14-3-5-15(6-4-14)30-17(21(23,24)25)16(13-26-30)18(31)28-9-11-29(12-10-28)20(33)19(32)27-7-1-2-8-27/h3-6,13H,1-2,7-12H2. The van der Waals surface area contributed by atoms with E-state index in [1.165, 1.54) is 14.7 Å². The highest BCUT2D eigenvalue weighted by molar-refractivity contribution is 6.35. The van der Waals surface area contributed by atoms with E-state index in [9.17, 15) is 31.9 Å². The topological polar surface area (TPSA) is 78.8 Å². The molecule has 2 aliphatic rings. The number of alkyl halides is 3. The molecule has 3 amide bonds. The predicted octanol–water partition coefficient (Wildman–Crippen LogP) is 1.94. The zero-order chi connectivity index (χ0) is 23.8. The molecule has 1 aromatic carbocycles. The molecule has 176 valence electrons. The van der Waals surface area contributed by atoms with E-state index in [1.807, 2.05) is 0 Å². The number of benzene rings is 1. The van der Waals surface area contributed by atoms with Crippen molar-refractivity contribution in [1.29, 1.82) is 0 Å². The molecule has 0 spiro atoms. The summed E-state index contributed by atoms with van der Waals surface area (Å²) >= 11 is 0. The largest absolute Gasteiger partial charge is 0.434 e. The number of carbonyl (C=O) groups is 3. The van der Waals surface area contributed by atoms with E-state index in [-0.39, 0.29) is 31.9 Å². The molecule has 2 saturated heterocycles. The van der Waals surface area contributed by atoms with Gasteiger partial charge in [-0.15, -0.1) is 0 Å². The molecule has 12 heteroatoms. The normalized spacial score (nSPS) is 16.9. The Kier molecular flexibility index (Phi) is 6.09. The number of nitrogens with zero attached hydrogens (tertiary/aromatic N) is 5. The molecule has 0 unspecified atom stereocenters. The molecule has 0 radical (unpaired) electrons. The summed E-state index contributed by atoms with van der Waals surface area (Å²) in [5.41, 5.74) is -1.94. The Labute approximate surface area is 186 Å². The first-order valence-electron chi connectivity index (χ1n) is 10.5. The van der Waals surface area contributed by atoms with Crippen LogP contribution >= 0.6 is 0 Å². The van der Waals surface area contributed by atoms with E-state index < -0.39 is 41.0 Å². The second-order valence-electron chi connectivity index (χ2n) is 7.88. The molecule has 0 aliphatic carbocycles. The Balaban J connectivity index is 1.49. The first-order valence-corrected chi connectivity index (χ1v) is 10.5. The molecule has 0 N–H and O–H groups in total. The zero-order valence-electron chi connectivity index (χ0n) is 17.5. The molecular formula is C21H21F4N5O3. The van der Waals surface area contributed by atoms with Gasteiger partial charge in [-0.25, -0.2) is 9.07 Å². The molecule has 3 heterocycles. The van der Waals surface area contributed by atoms with Crippen molar-refractivity contribution in [2.24, 2.45) is 0 Å². The van der Waals surface area contributed by atoms with Gasteiger partial charge in [0.1, 0.15) is 5.82 Å². The molecule has 1 aromatic heterocycles. The van der Waals surface area contributed by atoms with E-state index in [2.05, 4.69) is 5.10 Å². The van der Waals surface area contributed by atoms with Crippen LogP contribution in [0.1, 0.15) is 28.9 Å². The highest BCUT2D eigenvalue weighted by atomic mass is 19.4. The fraction of sp³-hybridized carbons (Fsp3) is 0.429. The van der Waals surface area contributed by atoms with Crippen LogP contribution in [0.4, 0.5) is 17.6 Å². The van der Waals surface area contributed by atoms with E-state index in [1.54, 1.807) is 0 Å². The molecule has 0 saturated carbocycles. The van der Waals surface area contributed by atoms with Gasteiger partial charge in [0.15, 0.2) is 5.69 Å². The third-order valence-electron chi connectivity index (χ3n) is 5.77. The van der Waals surface area contributed by atoms with Gasteiger partial charge in [0.2, 0.25) is 0 Å². The van der Waals surface area contributed by atoms with Gasteiger partial charge in [0.25, 0.3) is 5.91 Å². The Hall–Kier alpha value is -3.44. The second kappa shape index (κ2) is 8.83. The van der Waals surface area contributed by atoms with Gasteiger partial charge in [-0.3, -0.25) is 14.4 Å². The molecule has 8 nitrogen and oxygen atoms in total. The number of hydrogen-bond acceptors (Lipinski definition) is 4. The lowest BCUT2D eigenvalue weighted by Gasteiger charge is -2.35. The highest BCUT2D eigenvalue weighted by Gasteiger charge is 2.42. The number of piperazine rings is 1. The molecule has 0 atom stereocenters. The highest BCUT2D eigenvalue weighted by Crippen LogP contribution is 2.34. The number of rotatable bonds is 2. The third-order valence-corrected chi connectivity index (χ3v) is 5.77. The molecule has 33 heavy (non-hydrogen) atoms. The van der Waals surface area contributed by atoms with Crippen molar-refractivity contribution < 1.29 is 31.9 Å². The summed E-state index contributed by atoms with van der Waals surface area (Å²) in [6.45, 7) is 1.10. The second-order valence-corrected chi connectivity index (χ2v) is 7.88. The third kappa shape index (κ3) is 4.55. The van der Waals surface area contributed by atoms with Crippen LogP contribution in [-0.4, -0.2) is 81.5 Å². The van der Waals surface area contributed by atoms with Crippen molar-refractivity contribution in [3.8, 4) is 5.69 Å². The van der Waals surface area contributed by atoms with Crippen LogP contribution in [0.25, 0.3) is 5.69 Å². The van der Waals surface area contributed by atoms with Crippen molar-refractivity contribution in [2.75, 3.05) is 39.3 Å². The van der Waals surface area contributed by atoms with Crippen molar-refractivity contribution in [1.82, 2.24) is 24.5 Å². The van der Waals surface area contributed by atoms with Crippen LogP contribution in [0.5, 0.6) is 0 Å². The van der Waals surface area contributed by atoms with Crippen molar-refractivity contribution in [2.45, 2.75) is 19.0 Å². The van der Waals surface area contributed by atoms with Gasteiger partial charge < -0.3 is 14.7 Å². The number of hydrogen-bond donors (Lipinski definition) is 0. The maximum absolute atomic E-state index is 13.8. The van der Waals surface area contributed by atoms with Gasteiger partial charge in [0, 0.05) is 39.3 Å². The van der Waals surface area contributed by atoms with Crippen LogP contribution in [0, 0.1) is 5.82 Å². The molecular weight excluding hydrogens is 446 g/mol. The summed E-state index contributed by atoms with van der Waals surface area (Å²) in [5.74, 6) is -2.75. The number of carbonyl (C=O) groups excluding carboxylic acids is 3. The monoisotopic (exact) mass is 467 g/mol. The quantitative estimate of drug-likeness (QED) is 0.500. The van der Waals surface area contributed by atoms with Crippen LogP contribution in [0.2, 0.25) is 0 Å². The van der Waals surface area contributed by atoms with Gasteiger partial charge in [-0.05, 0) is 37.1 Å². The molecule has 2 fully saturated rings. The summed E-state index contributed by atoms with van der Waals surface area (Å²) in [5, 5.41) is 3.72. The Morgan fingerprint density at radius 2 is 1.30 bits per heavy atom. The van der Waals surface area contributed by atoms with Crippen LogP contribution in [-0.2, 0) is 15.8 Å². The Bertz CT molecular complexity index is 1050. The summed E-state index contributed by atoms with van der Waals surface area (Å²) in [4.78, 5) is 41.7. The Morgan fingerprint density at radius 3 is 1.85 bits per heavy atom. The van der Waals surface area contributed by atoms with Crippen molar-refractivity contribution in [3.05, 3.63) is 47.5 Å². The lowest BCUT2D eigenvalue weighted by atomic mass is 10.1. The van der Waals surface area contributed by atoms with E-state index >= 15 is 0 Å². The van der Waals surface area contributed by atoms with Crippen LogP contribution in [0.15, 0.2) is 30.5 Å². The molecule has 4 rings (SSSR count). The summed E-state index contributed by atoms with van der Waals surface area (Å²) < 4.78 is 55.2. The molecule has 2 aromatic rings. The maximum atomic E-state index is 13.8. The molecule has 0 bridgehead atoms. The average molecular weight is 467 g/mol. The minimum absolute atomic E-state index is 0.0170. The number of likely N-dealkylation sites (tertiary alicyclic amines) is 1. The first kappa shape index (κ1) is 22.7. The number of halogens is 4. The van der Waals surface area contributed by atoms with Gasteiger partial charge in [0.05, 0.1) is 17.4 Å². The van der Waals surface area contributed by atoms with Crippen LogP contribution in [0.3, 0.4) is 0 Å². The van der Waals surface area contributed by atoms with Crippen molar-refractivity contribution in [3.63, 3.8) is 0 Å². The SMILES string of the molecule is O=C(C(=O)N1CCN(C(=O)c2cnn(-c3ccc(F)cc3)c2C(F)(F)F)CC1)N1CCCC1. The lowest BCUT2D eigenvalue weighted by Crippen LogP contribution is -2.54. The van der Waals surface area contributed by atoms with Gasteiger partial charge in [-0.1, -0.05) is 0 Å². The number of amides is 3. The summed E-state index contributed by atoms with van der Waals surface area (Å²) in [6.07, 6.45) is -2.37. The average Bonchev–Trinajstić information content (AvgIpc) is 3.48. The minimum atomic E-state index is -4.89. The van der Waals surface area contributed by atoms with Crippen LogP contribution < -0.4 is 0 Å². The lowest BCUT2D eigenvalue weighted by molar-refractivity contribution is -0.152. The summed E-state index contributed by atoms with van der Waals surface area (Å²) in [7, 11) is 0. The predicted molar refractivity (Wildman–Crippen MR) is 107 cm³/mol. The van der Waals surface area contributed by atoms with E-state index in [4.69, 9.17) is 0 Å². The van der Waals surface area contributed by atoms with E-state index in [0.717, 1.165) is 43.3 Å². The summed E-state index contributed by atoms with van der Waals surface area (Å²) in [6, 6.07) is 4.26. The zero-order valence-corrected chi connectivity index (χ0v) is 17.5.